The van der Waals surface area contributed by atoms with E-state index in [4.69, 9.17) is 18.0 Å². The Bertz CT molecular complexity index is 310. The first kappa shape index (κ1) is 18.3. The molecule has 1 amide bonds. The van der Waals surface area contributed by atoms with E-state index in [-0.39, 0.29) is 10.9 Å². The number of thiocarbonyl (C=S) groups is 1. The highest BCUT2D eigenvalue weighted by atomic mass is 32.1. The third kappa shape index (κ3) is 5.07. The van der Waals surface area contributed by atoms with Crippen molar-refractivity contribution in [1.29, 1.82) is 0 Å². The summed E-state index contributed by atoms with van der Waals surface area (Å²) in [7, 11) is 0. The fourth-order valence-corrected chi connectivity index (χ4v) is 2.29. The Balaban J connectivity index is 4.42. The highest BCUT2D eigenvalue weighted by molar-refractivity contribution is 7.80. The molecule has 0 aliphatic rings. The molecule has 4 nitrogen and oxygen atoms in total. The minimum absolute atomic E-state index is 0.0741. The van der Waals surface area contributed by atoms with Crippen molar-refractivity contribution in [3.05, 3.63) is 0 Å². The number of carbonyl (C=O) groups is 1. The van der Waals surface area contributed by atoms with Crippen molar-refractivity contribution < 1.29 is 4.79 Å². The first-order valence-corrected chi connectivity index (χ1v) is 7.41. The Hall–Kier alpha value is -0.680. The maximum Gasteiger partial charge on any atom is 0.232 e. The van der Waals surface area contributed by atoms with Crippen LogP contribution in [0.25, 0.3) is 0 Å². The van der Waals surface area contributed by atoms with Gasteiger partial charge in [0.25, 0.3) is 0 Å². The van der Waals surface area contributed by atoms with Gasteiger partial charge in [-0.2, -0.15) is 0 Å². The lowest BCUT2D eigenvalue weighted by molar-refractivity contribution is -0.127. The molecule has 0 aromatic carbocycles. The number of rotatable bonds is 8. The lowest BCUT2D eigenvalue weighted by Crippen LogP contribution is -2.49. The molecule has 0 saturated carbocycles. The van der Waals surface area contributed by atoms with E-state index >= 15 is 0 Å². The monoisotopic (exact) mass is 287 g/mol. The second-order valence-electron chi connectivity index (χ2n) is 5.73. The zero-order chi connectivity index (χ0) is 15.2. The standard InChI is InChI=1S/C14H29N3OS/c1-7-14(6,12(15)19)13(18)16-8-9-17(10(2)3)11(4)5/h10-11H,7-9H2,1-6H3,(H2,15,19)(H,16,18). The Labute approximate surface area is 123 Å². The molecule has 0 aliphatic heterocycles. The zero-order valence-corrected chi connectivity index (χ0v) is 13.9. The van der Waals surface area contributed by atoms with Crippen molar-refractivity contribution in [1.82, 2.24) is 10.2 Å². The van der Waals surface area contributed by atoms with E-state index in [0.29, 0.717) is 25.0 Å². The number of hydrogen-bond donors (Lipinski definition) is 2. The van der Waals surface area contributed by atoms with Crippen LogP contribution in [0.2, 0.25) is 0 Å². The summed E-state index contributed by atoms with van der Waals surface area (Å²) in [6.45, 7) is 13.8. The Morgan fingerprint density at radius 3 is 2.11 bits per heavy atom. The van der Waals surface area contributed by atoms with E-state index in [1.54, 1.807) is 6.92 Å². The lowest BCUT2D eigenvalue weighted by Gasteiger charge is -2.31. The topological polar surface area (TPSA) is 58.4 Å². The highest BCUT2D eigenvalue weighted by Crippen LogP contribution is 2.21. The van der Waals surface area contributed by atoms with Crippen molar-refractivity contribution in [2.45, 2.75) is 60.0 Å². The SMILES string of the molecule is CCC(C)(C(=O)NCCN(C(C)C)C(C)C)C(N)=S. The molecule has 5 heteroatoms. The quantitative estimate of drug-likeness (QED) is 0.670. The maximum absolute atomic E-state index is 12.2. The van der Waals surface area contributed by atoms with Crippen LogP contribution in [0.1, 0.15) is 48.0 Å². The van der Waals surface area contributed by atoms with E-state index in [9.17, 15) is 4.79 Å². The molecule has 0 aromatic rings. The minimum atomic E-state index is -0.740. The van der Waals surface area contributed by atoms with Gasteiger partial charge in [-0.05, 0) is 41.0 Å². The summed E-state index contributed by atoms with van der Waals surface area (Å²) in [6.07, 6.45) is 0.617. The van der Waals surface area contributed by atoms with E-state index in [1.165, 1.54) is 0 Å². The molecule has 1 atom stereocenters. The highest BCUT2D eigenvalue weighted by Gasteiger charge is 2.34. The fraction of sp³-hybridized carbons (Fsp3) is 0.857. The van der Waals surface area contributed by atoms with Crippen LogP contribution in [0, 0.1) is 5.41 Å². The third-order valence-electron chi connectivity index (χ3n) is 3.73. The van der Waals surface area contributed by atoms with Crippen LogP contribution in [0.4, 0.5) is 0 Å². The van der Waals surface area contributed by atoms with Gasteiger partial charge >= 0.3 is 0 Å². The molecule has 3 N–H and O–H groups in total. The van der Waals surface area contributed by atoms with Crippen LogP contribution in [-0.2, 0) is 4.79 Å². The molecule has 0 spiro atoms. The fourth-order valence-electron chi connectivity index (χ4n) is 2.05. The predicted octanol–water partition coefficient (Wildman–Crippen LogP) is 1.92. The average molecular weight is 287 g/mol. The van der Waals surface area contributed by atoms with Gasteiger partial charge in [0.2, 0.25) is 5.91 Å². The third-order valence-corrected chi connectivity index (χ3v) is 4.18. The first-order chi connectivity index (χ1) is 8.66. The van der Waals surface area contributed by atoms with Gasteiger partial charge in [-0.1, -0.05) is 19.1 Å². The predicted molar refractivity (Wildman–Crippen MR) is 85.2 cm³/mol. The normalized spacial score (nSPS) is 14.8. The summed E-state index contributed by atoms with van der Waals surface area (Å²) < 4.78 is 0. The van der Waals surface area contributed by atoms with Gasteiger partial charge in [-0.3, -0.25) is 9.69 Å². The molecule has 0 rings (SSSR count). The Kier molecular flexibility index (Phi) is 7.52. The minimum Gasteiger partial charge on any atom is -0.392 e. The number of amides is 1. The average Bonchev–Trinajstić information content (AvgIpc) is 2.31. The number of carbonyl (C=O) groups excluding carboxylic acids is 1. The summed E-state index contributed by atoms with van der Waals surface area (Å²) >= 11 is 5.00. The summed E-state index contributed by atoms with van der Waals surface area (Å²) in [5, 5.41) is 2.95. The van der Waals surface area contributed by atoms with E-state index in [2.05, 4.69) is 37.9 Å². The van der Waals surface area contributed by atoms with Crippen molar-refractivity contribution in [3.63, 3.8) is 0 Å². The number of hydrogen-bond acceptors (Lipinski definition) is 3. The first-order valence-electron chi connectivity index (χ1n) is 7.00. The molecule has 0 bridgehead atoms. The molecule has 0 saturated heterocycles. The second kappa shape index (κ2) is 7.80. The molecular weight excluding hydrogens is 258 g/mol. The van der Waals surface area contributed by atoms with Gasteiger partial charge in [0, 0.05) is 25.2 Å². The van der Waals surface area contributed by atoms with Crippen LogP contribution >= 0.6 is 12.2 Å². The van der Waals surface area contributed by atoms with Gasteiger partial charge in [-0.25, -0.2) is 0 Å². The molecule has 0 aliphatic carbocycles. The van der Waals surface area contributed by atoms with Crippen molar-refractivity contribution in [2.24, 2.45) is 11.1 Å². The molecule has 112 valence electrons. The number of nitrogens with zero attached hydrogens (tertiary/aromatic N) is 1. The largest absolute Gasteiger partial charge is 0.392 e. The van der Waals surface area contributed by atoms with E-state index in [1.807, 2.05) is 6.92 Å². The van der Waals surface area contributed by atoms with E-state index in [0.717, 1.165) is 6.54 Å². The van der Waals surface area contributed by atoms with E-state index < -0.39 is 5.41 Å². The van der Waals surface area contributed by atoms with Crippen molar-refractivity contribution >= 4 is 23.1 Å². The summed E-state index contributed by atoms with van der Waals surface area (Å²) in [4.78, 5) is 14.8. The van der Waals surface area contributed by atoms with Crippen LogP contribution in [0.3, 0.4) is 0 Å². The van der Waals surface area contributed by atoms with Crippen LogP contribution < -0.4 is 11.1 Å². The number of nitrogens with one attached hydrogen (secondary N) is 1. The van der Waals surface area contributed by atoms with Crippen molar-refractivity contribution in [2.75, 3.05) is 13.1 Å². The molecule has 0 fully saturated rings. The number of nitrogens with two attached hydrogens (primary N) is 1. The Morgan fingerprint density at radius 2 is 1.79 bits per heavy atom. The summed E-state index contributed by atoms with van der Waals surface area (Å²) in [5.74, 6) is -0.0741. The zero-order valence-electron chi connectivity index (χ0n) is 13.1. The summed E-state index contributed by atoms with van der Waals surface area (Å²) in [5.41, 5.74) is 4.93. The molecule has 0 heterocycles. The maximum atomic E-state index is 12.2. The second-order valence-corrected chi connectivity index (χ2v) is 6.17. The molecule has 0 radical (unpaired) electrons. The van der Waals surface area contributed by atoms with Gasteiger partial charge in [0.15, 0.2) is 0 Å². The summed E-state index contributed by atoms with van der Waals surface area (Å²) in [6, 6.07) is 0.926. The lowest BCUT2D eigenvalue weighted by atomic mass is 9.86. The van der Waals surface area contributed by atoms with Gasteiger partial charge in [-0.15, -0.1) is 0 Å². The van der Waals surface area contributed by atoms with Gasteiger partial charge in [0.1, 0.15) is 0 Å². The van der Waals surface area contributed by atoms with Crippen LogP contribution in [-0.4, -0.2) is 41.0 Å². The van der Waals surface area contributed by atoms with Gasteiger partial charge < -0.3 is 11.1 Å². The molecule has 0 aromatic heterocycles. The van der Waals surface area contributed by atoms with Gasteiger partial charge in [0.05, 0.1) is 10.4 Å². The van der Waals surface area contributed by atoms with Crippen LogP contribution in [0.15, 0.2) is 0 Å². The molecular formula is C14H29N3OS. The van der Waals surface area contributed by atoms with Crippen molar-refractivity contribution in [3.8, 4) is 0 Å². The molecule has 1 unspecified atom stereocenters. The molecule has 19 heavy (non-hydrogen) atoms. The smallest absolute Gasteiger partial charge is 0.232 e. The van der Waals surface area contributed by atoms with Crippen LogP contribution in [0.5, 0.6) is 0 Å². The Morgan fingerprint density at radius 1 is 1.32 bits per heavy atom.